The SMILES string of the molecule is Cc1cc(C)n(-c2cc(Br)ccc2CNC(C)C)n1. The second-order valence-electron chi connectivity index (χ2n) is 5.15. The molecule has 0 bridgehead atoms. The van der Waals surface area contributed by atoms with E-state index in [1.165, 1.54) is 5.56 Å². The fourth-order valence-corrected chi connectivity index (χ4v) is 2.42. The minimum Gasteiger partial charge on any atom is -0.310 e. The van der Waals surface area contributed by atoms with Gasteiger partial charge in [0.25, 0.3) is 0 Å². The van der Waals surface area contributed by atoms with Crippen molar-refractivity contribution >= 4 is 15.9 Å². The van der Waals surface area contributed by atoms with Crippen molar-refractivity contribution < 1.29 is 0 Å². The molecule has 4 heteroatoms. The first-order valence-electron chi connectivity index (χ1n) is 6.53. The maximum absolute atomic E-state index is 4.58. The molecule has 0 aliphatic rings. The maximum atomic E-state index is 4.58. The second kappa shape index (κ2) is 5.88. The molecular formula is C15H20BrN3. The van der Waals surface area contributed by atoms with Crippen LogP contribution in [0.2, 0.25) is 0 Å². The molecule has 19 heavy (non-hydrogen) atoms. The summed E-state index contributed by atoms with van der Waals surface area (Å²) in [6, 6.07) is 8.91. The summed E-state index contributed by atoms with van der Waals surface area (Å²) in [7, 11) is 0. The van der Waals surface area contributed by atoms with Gasteiger partial charge in [-0.05, 0) is 37.6 Å². The van der Waals surface area contributed by atoms with Crippen LogP contribution in [0, 0.1) is 13.8 Å². The summed E-state index contributed by atoms with van der Waals surface area (Å²) in [5.74, 6) is 0. The third-order valence-electron chi connectivity index (χ3n) is 2.99. The van der Waals surface area contributed by atoms with Gasteiger partial charge in [-0.15, -0.1) is 0 Å². The van der Waals surface area contributed by atoms with Crippen molar-refractivity contribution in [2.45, 2.75) is 40.3 Å². The lowest BCUT2D eigenvalue weighted by atomic mass is 10.1. The number of hydrogen-bond acceptors (Lipinski definition) is 2. The summed E-state index contributed by atoms with van der Waals surface area (Å²) in [6.07, 6.45) is 0. The molecule has 2 rings (SSSR count). The highest BCUT2D eigenvalue weighted by Crippen LogP contribution is 2.22. The summed E-state index contributed by atoms with van der Waals surface area (Å²) in [5.41, 5.74) is 4.58. The lowest BCUT2D eigenvalue weighted by molar-refractivity contribution is 0.586. The number of rotatable bonds is 4. The molecular weight excluding hydrogens is 302 g/mol. The standard InChI is InChI=1S/C15H20BrN3/c1-10(2)17-9-13-5-6-14(16)8-15(13)19-12(4)7-11(3)18-19/h5-8,10,17H,9H2,1-4H3. The molecule has 1 N–H and O–H groups in total. The van der Waals surface area contributed by atoms with Crippen LogP contribution in [-0.2, 0) is 6.54 Å². The van der Waals surface area contributed by atoms with Gasteiger partial charge in [-0.25, -0.2) is 4.68 Å². The summed E-state index contributed by atoms with van der Waals surface area (Å²) in [6.45, 7) is 9.26. The average molecular weight is 322 g/mol. The van der Waals surface area contributed by atoms with E-state index in [2.05, 4.69) is 71.4 Å². The van der Waals surface area contributed by atoms with Gasteiger partial charge in [-0.3, -0.25) is 0 Å². The summed E-state index contributed by atoms with van der Waals surface area (Å²) in [4.78, 5) is 0. The fraction of sp³-hybridized carbons (Fsp3) is 0.400. The van der Waals surface area contributed by atoms with Gasteiger partial charge in [0.15, 0.2) is 0 Å². The van der Waals surface area contributed by atoms with E-state index in [1.54, 1.807) is 0 Å². The largest absolute Gasteiger partial charge is 0.310 e. The van der Waals surface area contributed by atoms with Crippen LogP contribution in [0.4, 0.5) is 0 Å². The van der Waals surface area contributed by atoms with Crippen LogP contribution in [0.5, 0.6) is 0 Å². The molecule has 0 amide bonds. The van der Waals surface area contributed by atoms with Gasteiger partial charge in [-0.1, -0.05) is 35.8 Å². The van der Waals surface area contributed by atoms with Crippen molar-refractivity contribution in [3.05, 3.63) is 45.7 Å². The molecule has 1 aromatic carbocycles. The molecule has 0 spiro atoms. The molecule has 0 aliphatic heterocycles. The first-order valence-corrected chi connectivity index (χ1v) is 7.32. The Morgan fingerprint density at radius 2 is 2.00 bits per heavy atom. The van der Waals surface area contributed by atoms with Crippen LogP contribution in [0.15, 0.2) is 28.7 Å². The van der Waals surface area contributed by atoms with Gasteiger partial charge in [0.2, 0.25) is 0 Å². The van der Waals surface area contributed by atoms with Crippen molar-refractivity contribution in [3.63, 3.8) is 0 Å². The second-order valence-corrected chi connectivity index (χ2v) is 6.06. The summed E-state index contributed by atoms with van der Waals surface area (Å²) >= 11 is 3.54. The number of hydrogen-bond donors (Lipinski definition) is 1. The molecule has 102 valence electrons. The van der Waals surface area contributed by atoms with Crippen molar-refractivity contribution in [3.8, 4) is 5.69 Å². The number of halogens is 1. The van der Waals surface area contributed by atoms with E-state index in [1.807, 2.05) is 11.6 Å². The van der Waals surface area contributed by atoms with E-state index in [0.717, 1.165) is 28.1 Å². The van der Waals surface area contributed by atoms with E-state index in [9.17, 15) is 0 Å². The molecule has 1 aromatic heterocycles. The highest BCUT2D eigenvalue weighted by atomic mass is 79.9. The highest BCUT2D eigenvalue weighted by molar-refractivity contribution is 9.10. The Hall–Kier alpha value is -1.13. The van der Waals surface area contributed by atoms with E-state index >= 15 is 0 Å². The van der Waals surface area contributed by atoms with Gasteiger partial charge in [0, 0.05) is 22.8 Å². The number of benzene rings is 1. The Kier molecular flexibility index (Phi) is 4.42. The zero-order valence-corrected chi connectivity index (χ0v) is 13.5. The van der Waals surface area contributed by atoms with E-state index in [4.69, 9.17) is 0 Å². The van der Waals surface area contributed by atoms with Gasteiger partial charge >= 0.3 is 0 Å². The first-order chi connectivity index (χ1) is 8.97. The van der Waals surface area contributed by atoms with Crippen LogP contribution < -0.4 is 5.32 Å². The Morgan fingerprint density at radius 3 is 2.58 bits per heavy atom. The molecule has 0 saturated heterocycles. The quantitative estimate of drug-likeness (QED) is 0.929. The Balaban J connectivity index is 2.42. The van der Waals surface area contributed by atoms with Crippen molar-refractivity contribution in [2.75, 3.05) is 0 Å². The average Bonchev–Trinajstić information content (AvgIpc) is 2.66. The zero-order chi connectivity index (χ0) is 14.0. The maximum Gasteiger partial charge on any atom is 0.0704 e. The van der Waals surface area contributed by atoms with Gasteiger partial charge in [-0.2, -0.15) is 5.10 Å². The predicted octanol–water partition coefficient (Wildman–Crippen LogP) is 3.75. The van der Waals surface area contributed by atoms with E-state index < -0.39 is 0 Å². The zero-order valence-electron chi connectivity index (χ0n) is 11.9. The fourth-order valence-electron chi connectivity index (χ4n) is 2.07. The molecule has 3 nitrogen and oxygen atoms in total. The predicted molar refractivity (Wildman–Crippen MR) is 82.7 cm³/mol. The van der Waals surface area contributed by atoms with E-state index in [0.29, 0.717) is 6.04 Å². The van der Waals surface area contributed by atoms with Gasteiger partial charge < -0.3 is 5.32 Å². The normalized spacial score (nSPS) is 11.3. The number of aryl methyl sites for hydroxylation is 2. The Bertz CT molecular complexity index is 573. The summed E-state index contributed by atoms with van der Waals surface area (Å²) < 4.78 is 3.08. The molecule has 0 atom stereocenters. The molecule has 0 unspecified atom stereocenters. The van der Waals surface area contributed by atoms with Crippen LogP contribution in [-0.4, -0.2) is 15.8 Å². The first kappa shape index (κ1) is 14.3. The van der Waals surface area contributed by atoms with Gasteiger partial charge in [0.1, 0.15) is 0 Å². The highest BCUT2D eigenvalue weighted by Gasteiger charge is 2.10. The topological polar surface area (TPSA) is 29.9 Å². The van der Waals surface area contributed by atoms with Crippen molar-refractivity contribution in [2.24, 2.45) is 0 Å². The van der Waals surface area contributed by atoms with Crippen LogP contribution in [0.3, 0.4) is 0 Å². The van der Waals surface area contributed by atoms with Crippen LogP contribution >= 0.6 is 15.9 Å². The van der Waals surface area contributed by atoms with Crippen molar-refractivity contribution in [1.82, 2.24) is 15.1 Å². The molecule has 1 heterocycles. The monoisotopic (exact) mass is 321 g/mol. The molecule has 0 radical (unpaired) electrons. The van der Waals surface area contributed by atoms with Crippen LogP contribution in [0.25, 0.3) is 5.69 Å². The molecule has 0 fully saturated rings. The molecule has 0 aliphatic carbocycles. The lowest BCUT2D eigenvalue weighted by Crippen LogP contribution is -2.22. The smallest absolute Gasteiger partial charge is 0.0704 e. The lowest BCUT2D eigenvalue weighted by Gasteiger charge is -2.14. The third kappa shape index (κ3) is 3.45. The molecule has 0 saturated carbocycles. The van der Waals surface area contributed by atoms with Gasteiger partial charge in [0.05, 0.1) is 11.4 Å². The minimum atomic E-state index is 0.469. The number of aromatic nitrogens is 2. The van der Waals surface area contributed by atoms with Crippen LogP contribution in [0.1, 0.15) is 30.8 Å². The van der Waals surface area contributed by atoms with Crippen molar-refractivity contribution in [1.29, 1.82) is 0 Å². The number of nitrogens with zero attached hydrogens (tertiary/aromatic N) is 2. The Morgan fingerprint density at radius 1 is 1.26 bits per heavy atom. The summed E-state index contributed by atoms with van der Waals surface area (Å²) in [5, 5.41) is 8.04. The minimum absolute atomic E-state index is 0.469. The third-order valence-corrected chi connectivity index (χ3v) is 3.48. The Labute approximate surface area is 123 Å². The molecule has 2 aromatic rings. The number of nitrogens with one attached hydrogen (secondary N) is 1. The van der Waals surface area contributed by atoms with E-state index in [-0.39, 0.29) is 0 Å².